The molecule has 7 rings (SSSR count). The standard InChI is InChI=1S/C43H46IN5O5Si/c1-42(2,3)55(5,6)54-37-35(44)34(53-41(37)49-28-47-36-38(45-27-46-39(36)49)48-40(50)29-16-10-7-11-17-29)26-52-43(30-18-12-8-13-19-30,31-20-14-9-15-21-31)32-22-24-33(51-4)25-23-32/h7-25,27-28,34-35,37,41H,26H2,1-6H3,(H,45,46,48,50)/t34-,35+,37-,41-/m1/s1. The molecule has 10 nitrogen and oxygen atoms in total. The van der Waals surface area contributed by atoms with E-state index in [-0.39, 0.29) is 33.7 Å². The first-order chi connectivity index (χ1) is 26.4. The molecule has 0 unspecified atom stereocenters. The van der Waals surface area contributed by atoms with E-state index in [2.05, 4.69) is 108 Å². The molecule has 55 heavy (non-hydrogen) atoms. The van der Waals surface area contributed by atoms with E-state index >= 15 is 0 Å². The number of carbonyl (C=O) groups excluding carboxylic acids is 1. The van der Waals surface area contributed by atoms with Crippen molar-refractivity contribution in [1.82, 2.24) is 19.5 Å². The van der Waals surface area contributed by atoms with Crippen molar-refractivity contribution in [2.24, 2.45) is 0 Å². The summed E-state index contributed by atoms with van der Waals surface area (Å²) in [4.78, 5) is 26.9. The molecule has 0 aliphatic carbocycles. The molecule has 0 bridgehead atoms. The summed E-state index contributed by atoms with van der Waals surface area (Å²) < 4.78 is 28.9. The van der Waals surface area contributed by atoms with Crippen molar-refractivity contribution in [3.8, 4) is 5.75 Å². The van der Waals surface area contributed by atoms with E-state index in [1.807, 2.05) is 71.3 Å². The summed E-state index contributed by atoms with van der Waals surface area (Å²) in [6.07, 6.45) is 1.79. The molecular weight excluding hydrogens is 821 g/mol. The number of amides is 1. The van der Waals surface area contributed by atoms with Gasteiger partial charge in [-0.2, -0.15) is 0 Å². The normalized spacial score (nSPS) is 19.0. The van der Waals surface area contributed by atoms with Crippen LogP contribution in [-0.4, -0.2) is 63.6 Å². The lowest BCUT2D eigenvalue weighted by Crippen LogP contribution is -2.47. The molecule has 0 radical (unpaired) electrons. The number of nitrogens with one attached hydrogen (secondary N) is 1. The van der Waals surface area contributed by atoms with Crippen LogP contribution in [0.5, 0.6) is 5.75 Å². The summed E-state index contributed by atoms with van der Waals surface area (Å²) >= 11 is 2.47. The van der Waals surface area contributed by atoms with E-state index in [9.17, 15) is 4.79 Å². The first-order valence-corrected chi connectivity index (χ1v) is 22.5. The fourth-order valence-corrected chi connectivity index (χ4v) is 9.18. The highest BCUT2D eigenvalue weighted by molar-refractivity contribution is 14.1. The molecule has 284 valence electrons. The predicted octanol–water partition coefficient (Wildman–Crippen LogP) is 9.19. The number of nitrogens with zero attached hydrogens (tertiary/aromatic N) is 4. The van der Waals surface area contributed by atoms with Crippen molar-refractivity contribution in [2.75, 3.05) is 19.0 Å². The van der Waals surface area contributed by atoms with Crippen molar-refractivity contribution in [3.63, 3.8) is 0 Å². The summed E-state index contributed by atoms with van der Waals surface area (Å²) in [7, 11) is -0.653. The molecule has 1 aliphatic heterocycles. The lowest BCUT2D eigenvalue weighted by Gasteiger charge is -2.40. The minimum absolute atomic E-state index is 0.0549. The van der Waals surface area contributed by atoms with Crippen molar-refractivity contribution >= 4 is 53.8 Å². The van der Waals surface area contributed by atoms with Crippen molar-refractivity contribution < 1.29 is 23.4 Å². The molecule has 4 aromatic carbocycles. The Labute approximate surface area is 336 Å². The number of imidazole rings is 1. The molecule has 0 saturated carbocycles. The maximum absolute atomic E-state index is 13.1. The highest BCUT2D eigenvalue weighted by Gasteiger charge is 2.51. The number of fused-ring (bicyclic) bond motifs is 1. The molecule has 0 spiro atoms. The Balaban J connectivity index is 1.27. The van der Waals surface area contributed by atoms with Crippen molar-refractivity contribution in [1.29, 1.82) is 0 Å². The number of ether oxygens (including phenoxy) is 3. The molecule has 3 heterocycles. The third-order valence-corrected chi connectivity index (χ3v) is 16.7. The largest absolute Gasteiger partial charge is 0.497 e. The summed E-state index contributed by atoms with van der Waals surface area (Å²) in [5, 5.41) is 2.87. The van der Waals surface area contributed by atoms with Gasteiger partial charge < -0.3 is 24.0 Å². The maximum atomic E-state index is 13.1. The number of halogens is 1. The molecule has 1 N–H and O–H groups in total. The molecule has 6 aromatic rings. The molecular formula is C43H46IN5O5Si. The van der Waals surface area contributed by atoms with Gasteiger partial charge in [-0.3, -0.25) is 9.36 Å². The van der Waals surface area contributed by atoms with Crippen molar-refractivity contribution in [2.45, 2.75) is 66.9 Å². The molecule has 1 saturated heterocycles. The topological polar surface area (TPSA) is 110 Å². The van der Waals surface area contributed by atoms with Crippen LogP contribution in [0.15, 0.2) is 128 Å². The highest BCUT2D eigenvalue weighted by atomic mass is 127. The van der Waals surface area contributed by atoms with Crippen LogP contribution in [-0.2, 0) is 19.5 Å². The average molecular weight is 868 g/mol. The van der Waals surface area contributed by atoms with E-state index < -0.39 is 20.1 Å². The van der Waals surface area contributed by atoms with Crippen LogP contribution < -0.4 is 10.1 Å². The SMILES string of the molecule is COc1ccc(C(OC[C@H]2O[C@@H](n3cnc4c(NC(=O)c5ccccc5)ncnc43)[C@H](O[Si](C)(C)C(C)(C)C)[C@H]2I)(c2ccccc2)c2ccccc2)cc1. The third kappa shape index (κ3) is 7.70. The summed E-state index contributed by atoms with van der Waals surface area (Å²) in [5.74, 6) is 0.796. The van der Waals surface area contributed by atoms with Crippen LogP contribution in [0, 0.1) is 0 Å². The lowest BCUT2D eigenvalue weighted by atomic mass is 9.80. The van der Waals surface area contributed by atoms with Crippen LogP contribution in [0.25, 0.3) is 11.2 Å². The molecule has 2 aromatic heterocycles. The quantitative estimate of drug-likeness (QED) is 0.0562. The first-order valence-electron chi connectivity index (χ1n) is 18.3. The molecule has 1 fully saturated rings. The summed E-state index contributed by atoms with van der Waals surface area (Å²) in [6.45, 7) is 11.5. The Morgan fingerprint density at radius 3 is 2.00 bits per heavy atom. The van der Waals surface area contributed by atoms with Gasteiger partial charge in [-0.1, -0.05) is 134 Å². The number of anilines is 1. The molecule has 4 atom stereocenters. The lowest BCUT2D eigenvalue weighted by molar-refractivity contribution is -0.0835. The van der Waals surface area contributed by atoms with Gasteiger partial charge in [0.2, 0.25) is 0 Å². The predicted molar refractivity (Wildman–Crippen MR) is 225 cm³/mol. The van der Waals surface area contributed by atoms with E-state index in [1.165, 1.54) is 6.33 Å². The maximum Gasteiger partial charge on any atom is 0.256 e. The minimum Gasteiger partial charge on any atom is -0.497 e. The van der Waals surface area contributed by atoms with Crippen LogP contribution in [0.4, 0.5) is 5.82 Å². The second-order valence-corrected chi connectivity index (χ2v) is 21.4. The Morgan fingerprint density at radius 1 is 0.836 bits per heavy atom. The van der Waals surface area contributed by atoms with Gasteiger partial charge in [0.25, 0.3) is 5.91 Å². The average Bonchev–Trinajstić information content (AvgIpc) is 3.76. The molecule has 1 amide bonds. The van der Waals surface area contributed by atoms with Gasteiger partial charge in [0.1, 0.15) is 23.8 Å². The number of carbonyl (C=O) groups is 1. The van der Waals surface area contributed by atoms with Crippen LogP contribution >= 0.6 is 22.6 Å². The zero-order chi connectivity index (χ0) is 38.8. The number of benzene rings is 4. The van der Waals surface area contributed by atoms with Gasteiger partial charge in [-0.25, -0.2) is 15.0 Å². The van der Waals surface area contributed by atoms with E-state index in [1.54, 1.807) is 25.6 Å². The molecule has 12 heteroatoms. The number of hydrogen-bond donors (Lipinski definition) is 1. The van der Waals surface area contributed by atoms with Gasteiger partial charge in [0.15, 0.2) is 31.5 Å². The zero-order valence-corrected chi connectivity index (χ0v) is 35.0. The Hall–Kier alpha value is -4.47. The van der Waals surface area contributed by atoms with Crippen LogP contribution in [0.1, 0.15) is 54.0 Å². The van der Waals surface area contributed by atoms with E-state index in [0.29, 0.717) is 22.5 Å². The number of rotatable bonds is 12. The Morgan fingerprint density at radius 2 is 1.42 bits per heavy atom. The van der Waals surface area contributed by atoms with Crippen LogP contribution in [0.3, 0.4) is 0 Å². The van der Waals surface area contributed by atoms with E-state index in [4.69, 9.17) is 23.6 Å². The minimum atomic E-state index is -2.32. The van der Waals surface area contributed by atoms with Gasteiger partial charge in [0.05, 0.1) is 30.1 Å². The molecule has 1 aliphatic rings. The second-order valence-electron chi connectivity index (χ2n) is 15.2. The fourth-order valence-electron chi connectivity index (χ4n) is 6.72. The third-order valence-electron chi connectivity index (χ3n) is 10.7. The van der Waals surface area contributed by atoms with Crippen LogP contribution in [0.2, 0.25) is 18.1 Å². The smallest absolute Gasteiger partial charge is 0.256 e. The Kier molecular flexibility index (Phi) is 11.2. The monoisotopic (exact) mass is 867 g/mol. The first kappa shape index (κ1) is 38.8. The van der Waals surface area contributed by atoms with Crippen molar-refractivity contribution in [3.05, 3.63) is 150 Å². The van der Waals surface area contributed by atoms with Gasteiger partial charge in [-0.15, -0.1) is 0 Å². The number of methoxy groups -OCH3 is 1. The number of aromatic nitrogens is 4. The highest BCUT2D eigenvalue weighted by Crippen LogP contribution is 2.46. The van der Waals surface area contributed by atoms with E-state index in [0.717, 1.165) is 22.4 Å². The fraction of sp³-hybridized carbons (Fsp3) is 0.302. The Bertz CT molecular complexity index is 2180. The second kappa shape index (κ2) is 15.9. The van der Waals surface area contributed by atoms with Gasteiger partial charge >= 0.3 is 0 Å². The summed E-state index contributed by atoms with van der Waals surface area (Å²) in [6, 6.07) is 37.7. The zero-order valence-electron chi connectivity index (χ0n) is 31.8. The van der Waals surface area contributed by atoms with Gasteiger partial charge in [0, 0.05) is 5.56 Å². The van der Waals surface area contributed by atoms with Gasteiger partial charge in [-0.05, 0) is 59.1 Å². The number of hydrogen-bond acceptors (Lipinski definition) is 8. The summed E-state index contributed by atoms with van der Waals surface area (Å²) in [5.41, 5.74) is 3.47. The number of alkyl halides is 1.